The van der Waals surface area contributed by atoms with Gasteiger partial charge in [-0.25, -0.2) is 4.39 Å². The van der Waals surface area contributed by atoms with Crippen LogP contribution in [0, 0.1) is 5.82 Å². The predicted molar refractivity (Wildman–Crippen MR) is 72.2 cm³/mol. The molecule has 0 heterocycles. The standard InChI is InChI=1S/C16H19F/c1-4-6-13-11(3)16-10-12(17)8-9-15(16)14(13)7-5-2/h8-10H,3-7H2,1-2H3. The van der Waals surface area contributed by atoms with Crippen molar-refractivity contribution in [1.29, 1.82) is 0 Å². The Morgan fingerprint density at radius 3 is 2.29 bits per heavy atom. The van der Waals surface area contributed by atoms with Crippen LogP contribution in [0.3, 0.4) is 0 Å². The molecule has 0 fully saturated rings. The summed E-state index contributed by atoms with van der Waals surface area (Å²) in [5, 5.41) is 0. The SMILES string of the molecule is C=C1C(CCC)=C(CCC)c2ccc(F)cc21. The minimum atomic E-state index is -0.168. The highest BCUT2D eigenvalue weighted by Crippen LogP contribution is 2.44. The second-order valence-corrected chi connectivity index (χ2v) is 4.63. The van der Waals surface area contributed by atoms with E-state index < -0.39 is 0 Å². The van der Waals surface area contributed by atoms with Gasteiger partial charge in [0, 0.05) is 0 Å². The molecule has 0 aromatic heterocycles. The Kier molecular flexibility index (Phi) is 3.46. The van der Waals surface area contributed by atoms with Crippen molar-refractivity contribution < 1.29 is 4.39 Å². The van der Waals surface area contributed by atoms with Gasteiger partial charge in [-0.1, -0.05) is 39.3 Å². The van der Waals surface area contributed by atoms with E-state index in [0.717, 1.165) is 36.8 Å². The summed E-state index contributed by atoms with van der Waals surface area (Å²) in [4.78, 5) is 0. The lowest BCUT2D eigenvalue weighted by Crippen LogP contribution is -1.86. The molecule has 0 saturated carbocycles. The molecule has 1 heteroatoms. The number of rotatable bonds is 4. The topological polar surface area (TPSA) is 0 Å². The highest BCUT2D eigenvalue weighted by atomic mass is 19.1. The molecule has 1 aliphatic carbocycles. The van der Waals surface area contributed by atoms with Crippen LogP contribution in [0.5, 0.6) is 0 Å². The molecule has 0 unspecified atom stereocenters. The average molecular weight is 230 g/mol. The van der Waals surface area contributed by atoms with E-state index in [0.29, 0.717) is 0 Å². The van der Waals surface area contributed by atoms with Crippen LogP contribution in [0.1, 0.15) is 50.7 Å². The predicted octanol–water partition coefficient (Wildman–Crippen LogP) is 5.21. The van der Waals surface area contributed by atoms with Crippen molar-refractivity contribution in [3.8, 4) is 0 Å². The first kappa shape index (κ1) is 12.1. The van der Waals surface area contributed by atoms with Crippen LogP contribution >= 0.6 is 0 Å². The minimum absolute atomic E-state index is 0.168. The second-order valence-electron chi connectivity index (χ2n) is 4.63. The van der Waals surface area contributed by atoms with Crippen molar-refractivity contribution in [3.63, 3.8) is 0 Å². The highest BCUT2D eigenvalue weighted by Gasteiger charge is 2.23. The maximum atomic E-state index is 13.3. The maximum absolute atomic E-state index is 13.3. The van der Waals surface area contributed by atoms with Gasteiger partial charge in [0.25, 0.3) is 0 Å². The smallest absolute Gasteiger partial charge is 0.123 e. The zero-order valence-electron chi connectivity index (χ0n) is 10.6. The molecule has 0 aliphatic heterocycles. The first-order valence-electron chi connectivity index (χ1n) is 6.40. The molecule has 0 atom stereocenters. The number of benzene rings is 1. The van der Waals surface area contributed by atoms with Gasteiger partial charge in [0.2, 0.25) is 0 Å². The Labute approximate surface area is 103 Å². The van der Waals surface area contributed by atoms with Crippen molar-refractivity contribution >= 4 is 11.1 Å². The first-order valence-corrected chi connectivity index (χ1v) is 6.40. The van der Waals surface area contributed by atoms with Gasteiger partial charge in [0.15, 0.2) is 0 Å². The summed E-state index contributed by atoms with van der Waals surface area (Å²) in [7, 11) is 0. The van der Waals surface area contributed by atoms with Crippen molar-refractivity contribution in [2.24, 2.45) is 0 Å². The monoisotopic (exact) mass is 230 g/mol. The Morgan fingerprint density at radius 1 is 1.00 bits per heavy atom. The molecular weight excluding hydrogens is 211 g/mol. The fraction of sp³-hybridized carbons (Fsp3) is 0.375. The average Bonchev–Trinajstić information content (AvgIpc) is 2.56. The van der Waals surface area contributed by atoms with Gasteiger partial charge in [0.1, 0.15) is 5.82 Å². The summed E-state index contributed by atoms with van der Waals surface area (Å²) in [6.45, 7) is 8.50. The summed E-state index contributed by atoms with van der Waals surface area (Å²) < 4.78 is 13.3. The van der Waals surface area contributed by atoms with Gasteiger partial charge < -0.3 is 0 Å². The van der Waals surface area contributed by atoms with E-state index in [1.165, 1.54) is 16.7 Å². The van der Waals surface area contributed by atoms with Gasteiger partial charge in [-0.3, -0.25) is 0 Å². The van der Waals surface area contributed by atoms with Gasteiger partial charge in [-0.05, 0) is 52.8 Å². The molecular formula is C16H19F. The Bertz CT molecular complexity index is 480. The van der Waals surface area contributed by atoms with Crippen molar-refractivity contribution in [2.75, 3.05) is 0 Å². The molecule has 0 amide bonds. The van der Waals surface area contributed by atoms with Crippen LogP contribution in [0.4, 0.5) is 4.39 Å². The Balaban J connectivity index is 2.51. The maximum Gasteiger partial charge on any atom is 0.123 e. The molecule has 0 bridgehead atoms. The van der Waals surface area contributed by atoms with Crippen molar-refractivity contribution in [1.82, 2.24) is 0 Å². The normalized spacial score (nSPS) is 14.4. The van der Waals surface area contributed by atoms with Crippen LogP contribution in [-0.4, -0.2) is 0 Å². The van der Waals surface area contributed by atoms with Crippen molar-refractivity contribution in [3.05, 3.63) is 47.3 Å². The van der Waals surface area contributed by atoms with Crippen LogP contribution < -0.4 is 0 Å². The van der Waals surface area contributed by atoms with E-state index in [1.54, 1.807) is 12.1 Å². The quantitative estimate of drug-likeness (QED) is 0.666. The van der Waals surface area contributed by atoms with E-state index >= 15 is 0 Å². The fourth-order valence-electron chi connectivity index (χ4n) is 2.62. The van der Waals surface area contributed by atoms with Crippen LogP contribution in [0.15, 0.2) is 30.4 Å². The third kappa shape index (κ3) is 2.06. The lowest BCUT2D eigenvalue weighted by molar-refractivity contribution is 0.627. The summed E-state index contributed by atoms with van der Waals surface area (Å²) in [5.74, 6) is -0.168. The molecule has 1 aromatic carbocycles. The molecule has 0 spiro atoms. The van der Waals surface area contributed by atoms with E-state index in [2.05, 4.69) is 20.4 Å². The van der Waals surface area contributed by atoms with Gasteiger partial charge in [-0.2, -0.15) is 0 Å². The summed E-state index contributed by atoms with van der Waals surface area (Å²) in [6, 6.07) is 5.08. The number of allylic oxidation sites excluding steroid dienone is 3. The molecule has 0 radical (unpaired) electrons. The van der Waals surface area contributed by atoms with Crippen molar-refractivity contribution in [2.45, 2.75) is 39.5 Å². The van der Waals surface area contributed by atoms with Crippen LogP contribution in [0.25, 0.3) is 11.1 Å². The third-order valence-corrected chi connectivity index (χ3v) is 3.36. The zero-order chi connectivity index (χ0) is 12.4. The lowest BCUT2D eigenvalue weighted by Gasteiger charge is -2.06. The third-order valence-electron chi connectivity index (χ3n) is 3.36. The molecule has 0 N–H and O–H groups in total. The zero-order valence-corrected chi connectivity index (χ0v) is 10.6. The highest BCUT2D eigenvalue weighted by molar-refractivity contribution is 5.99. The van der Waals surface area contributed by atoms with E-state index in [4.69, 9.17) is 0 Å². The van der Waals surface area contributed by atoms with Crippen LogP contribution in [0.2, 0.25) is 0 Å². The van der Waals surface area contributed by atoms with Gasteiger partial charge >= 0.3 is 0 Å². The molecule has 2 rings (SSSR count). The second kappa shape index (κ2) is 4.87. The van der Waals surface area contributed by atoms with Crippen LogP contribution in [-0.2, 0) is 0 Å². The number of hydrogen-bond acceptors (Lipinski definition) is 0. The Morgan fingerprint density at radius 2 is 1.65 bits per heavy atom. The molecule has 17 heavy (non-hydrogen) atoms. The lowest BCUT2D eigenvalue weighted by atomic mass is 9.99. The summed E-state index contributed by atoms with van der Waals surface area (Å²) >= 11 is 0. The minimum Gasteiger partial charge on any atom is -0.207 e. The van der Waals surface area contributed by atoms with E-state index in [9.17, 15) is 4.39 Å². The molecule has 0 nitrogen and oxygen atoms in total. The number of fused-ring (bicyclic) bond motifs is 1. The summed E-state index contributed by atoms with van der Waals surface area (Å²) in [6.07, 6.45) is 4.34. The van der Waals surface area contributed by atoms with Gasteiger partial charge in [-0.15, -0.1) is 0 Å². The number of hydrogen-bond donors (Lipinski definition) is 0. The Hall–Kier alpha value is -1.37. The summed E-state index contributed by atoms with van der Waals surface area (Å²) in [5.41, 5.74) is 5.95. The van der Waals surface area contributed by atoms with E-state index in [-0.39, 0.29) is 5.82 Å². The van der Waals surface area contributed by atoms with E-state index in [1.807, 2.05) is 6.07 Å². The molecule has 1 aliphatic rings. The molecule has 90 valence electrons. The largest absolute Gasteiger partial charge is 0.207 e. The molecule has 0 saturated heterocycles. The first-order chi connectivity index (χ1) is 8.19. The molecule has 1 aromatic rings. The fourth-order valence-corrected chi connectivity index (χ4v) is 2.62. The number of halogens is 1. The van der Waals surface area contributed by atoms with Gasteiger partial charge in [0.05, 0.1) is 0 Å².